The van der Waals surface area contributed by atoms with E-state index in [-0.39, 0.29) is 5.82 Å². The zero-order valence-corrected chi connectivity index (χ0v) is 9.46. The van der Waals surface area contributed by atoms with Gasteiger partial charge in [-0.05, 0) is 48.9 Å². The summed E-state index contributed by atoms with van der Waals surface area (Å²) in [5.41, 5.74) is 3.44. The minimum atomic E-state index is -0.193. The average molecular weight is 228 g/mol. The summed E-state index contributed by atoms with van der Waals surface area (Å²) in [4.78, 5) is 3.36. The number of aryl methyl sites for hydroxylation is 1. The number of halogens is 1. The van der Waals surface area contributed by atoms with Crippen molar-refractivity contribution in [1.29, 1.82) is 5.26 Å². The molecular weight excluding hydrogens is 215 g/mol. The summed E-state index contributed by atoms with van der Waals surface area (Å²) in [5, 5.41) is 9.75. The van der Waals surface area contributed by atoms with Gasteiger partial charge in [-0.15, -0.1) is 0 Å². The molecule has 1 aromatic heterocycles. The largest absolute Gasteiger partial charge is 0.358 e. The second kappa shape index (κ2) is 3.89. The number of hydrogen-bond donors (Lipinski definition) is 1. The van der Waals surface area contributed by atoms with Crippen molar-refractivity contribution in [3.05, 3.63) is 35.3 Å². The molecule has 0 radical (unpaired) electrons. The monoisotopic (exact) mass is 228 g/mol. The number of aromatic amines is 1. The summed E-state index contributed by atoms with van der Waals surface area (Å²) in [5.74, 6) is 0.233. The fourth-order valence-electron chi connectivity index (χ4n) is 2.76. The van der Waals surface area contributed by atoms with Crippen molar-refractivity contribution in [3.63, 3.8) is 0 Å². The molecular formula is C14H13FN2. The highest BCUT2D eigenvalue weighted by atomic mass is 19.1. The van der Waals surface area contributed by atoms with Gasteiger partial charge < -0.3 is 4.98 Å². The Morgan fingerprint density at radius 2 is 2.35 bits per heavy atom. The fourth-order valence-corrected chi connectivity index (χ4v) is 2.76. The molecule has 17 heavy (non-hydrogen) atoms. The third-order valence-corrected chi connectivity index (χ3v) is 3.63. The highest BCUT2D eigenvalue weighted by Crippen LogP contribution is 2.33. The van der Waals surface area contributed by atoms with Gasteiger partial charge in [0.2, 0.25) is 0 Å². The van der Waals surface area contributed by atoms with Crippen molar-refractivity contribution in [2.24, 2.45) is 5.92 Å². The number of rotatable bonds is 1. The van der Waals surface area contributed by atoms with E-state index < -0.39 is 0 Å². The first kappa shape index (κ1) is 10.3. The average Bonchev–Trinajstić information content (AvgIpc) is 2.67. The van der Waals surface area contributed by atoms with Crippen molar-refractivity contribution in [3.8, 4) is 6.07 Å². The summed E-state index contributed by atoms with van der Waals surface area (Å²) in [6.07, 6.45) is 3.52. The molecule has 3 heteroatoms. The van der Waals surface area contributed by atoms with Crippen molar-refractivity contribution in [2.45, 2.75) is 25.7 Å². The van der Waals surface area contributed by atoms with Gasteiger partial charge in [-0.1, -0.05) is 0 Å². The first-order valence-corrected chi connectivity index (χ1v) is 5.94. The molecule has 0 aliphatic heterocycles. The molecule has 2 aromatic rings. The van der Waals surface area contributed by atoms with Gasteiger partial charge in [-0.25, -0.2) is 4.39 Å². The Morgan fingerprint density at radius 3 is 3.18 bits per heavy atom. The standard InChI is InChI=1S/C14H13FN2/c15-10-2-4-14-12(8-10)11-7-9(5-6-16)1-3-13(11)17-14/h2,4,8-9,17H,1,3,5,7H2. The number of hydrogen-bond acceptors (Lipinski definition) is 1. The number of H-pyrrole nitrogens is 1. The number of nitrogens with one attached hydrogen (secondary N) is 1. The number of aromatic nitrogens is 1. The van der Waals surface area contributed by atoms with Crippen LogP contribution in [-0.2, 0) is 12.8 Å². The number of nitrogens with zero attached hydrogens (tertiary/aromatic N) is 1. The van der Waals surface area contributed by atoms with E-state index in [1.54, 1.807) is 12.1 Å². The summed E-state index contributed by atoms with van der Waals surface area (Å²) >= 11 is 0. The van der Waals surface area contributed by atoms with Crippen LogP contribution in [0.1, 0.15) is 24.1 Å². The molecule has 1 aliphatic carbocycles. The zero-order valence-electron chi connectivity index (χ0n) is 9.46. The van der Waals surface area contributed by atoms with Crippen LogP contribution in [0.3, 0.4) is 0 Å². The molecule has 86 valence electrons. The predicted octanol–water partition coefficient (Wildman–Crippen LogP) is 3.33. The summed E-state index contributed by atoms with van der Waals surface area (Å²) < 4.78 is 13.3. The van der Waals surface area contributed by atoms with Gasteiger partial charge in [0.05, 0.1) is 6.07 Å². The predicted molar refractivity (Wildman–Crippen MR) is 64.0 cm³/mol. The van der Waals surface area contributed by atoms with Crippen LogP contribution in [0.25, 0.3) is 10.9 Å². The first-order valence-electron chi connectivity index (χ1n) is 5.94. The maximum absolute atomic E-state index is 13.3. The van der Waals surface area contributed by atoms with Crippen LogP contribution in [0, 0.1) is 23.1 Å². The smallest absolute Gasteiger partial charge is 0.123 e. The molecule has 1 N–H and O–H groups in total. The maximum Gasteiger partial charge on any atom is 0.123 e. The lowest BCUT2D eigenvalue weighted by Gasteiger charge is -2.19. The van der Waals surface area contributed by atoms with Gasteiger partial charge in [-0.2, -0.15) is 5.26 Å². The van der Waals surface area contributed by atoms with Crippen LogP contribution in [0.5, 0.6) is 0 Å². The number of benzene rings is 1. The van der Waals surface area contributed by atoms with E-state index in [9.17, 15) is 4.39 Å². The fraction of sp³-hybridized carbons (Fsp3) is 0.357. The van der Waals surface area contributed by atoms with Crippen LogP contribution in [-0.4, -0.2) is 4.98 Å². The van der Waals surface area contributed by atoms with E-state index in [4.69, 9.17) is 5.26 Å². The lowest BCUT2D eigenvalue weighted by atomic mass is 9.85. The third-order valence-electron chi connectivity index (χ3n) is 3.63. The van der Waals surface area contributed by atoms with Crippen LogP contribution >= 0.6 is 0 Å². The molecule has 1 unspecified atom stereocenters. The van der Waals surface area contributed by atoms with Crippen LogP contribution in [0.2, 0.25) is 0 Å². The molecule has 0 saturated heterocycles. The second-order valence-corrected chi connectivity index (χ2v) is 4.74. The van der Waals surface area contributed by atoms with Gasteiger partial charge in [0.25, 0.3) is 0 Å². The van der Waals surface area contributed by atoms with Crippen LogP contribution in [0.4, 0.5) is 4.39 Å². The molecule has 0 bridgehead atoms. The minimum absolute atomic E-state index is 0.193. The zero-order chi connectivity index (χ0) is 11.8. The van der Waals surface area contributed by atoms with Crippen LogP contribution < -0.4 is 0 Å². The Hall–Kier alpha value is -1.82. The van der Waals surface area contributed by atoms with Gasteiger partial charge >= 0.3 is 0 Å². The highest BCUT2D eigenvalue weighted by molar-refractivity contribution is 5.85. The number of fused-ring (bicyclic) bond motifs is 3. The third kappa shape index (κ3) is 1.70. The first-order chi connectivity index (χ1) is 8.28. The summed E-state index contributed by atoms with van der Waals surface area (Å²) in [6.45, 7) is 0. The highest BCUT2D eigenvalue weighted by Gasteiger charge is 2.22. The summed E-state index contributed by atoms with van der Waals surface area (Å²) in [6, 6.07) is 7.11. The van der Waals surface area contributed by atoms with E-state index in [2.05, 4.69) is 11.1 Å². The van der Waals surface area contributed by atoms with Crippen molar-refractivity contribution < 1.29 is 4.39 Å². The Balaban J connectivity index is 2.08. The quantitative estimate of drug-likeness (QED) is 0.799. The molecule has 3 rings (SSSR count). The molecule has 1 aliphatic rings. The van der Waals surface area contributed by atoms with E-state index in [0.29, 0.717) is 12.3 Å². The van der Waals surface area contributed by atoms with E-state index in [1.807, 2.05) is 0 Å². The van der Waals surface area contributed by atoms with E-state index in [0.717, 1.165) is 30.2 Å². The van der Waals surface area contributed by atoms with Crippen molar-refractivity contribution >= 4 is 10.9 Å². The molecule has 0 fully saturated rings. The van der Waals surface area contributed by atoms with Crippen molar-refractivity contribution in [1.82, 2.24) is 4.98 Å². The maximum atomic E-state index is 13.3. The van der Waals surface area contributed by atoms with Gasteiger partial charge in [0.15, 0.2) is 0 Å². The summed E-state index contributed by atoms with van der Waals surface area (Å²) in [7, 11) is 0. The second-order valence-electron chi connectivity index (χ2n) is 4.74. The molecule has 1 aromatic carbocycles. The van der Waals surface area contributed by atoms with Gasteiger partial charge in [0, 0.05) is 23.0 Å². The molecule has 2 nitrogen and oxygen atoms in total. The molecule has 1 heterocycles. The minimum Gasteiger partial charge on any atom is -0.358 e. The molecule has 0 amide bonds. The van der Waals surface area contributed by atoms with E-state index >= 15 is 0 Å². The van der Waals surface area contributed by atoms with E-state index in [1.165, 1.54) is 17.3 Å². The number of nitriles is 1. The molecule has 1 atom stereocenters. The Bertz CT molecular complexity index is 606. The molecule has 0 saturated carbocycles. The lowest BCUT2D eigenvalue weighted by molar-refractivity contribution is 0.466. The Kier molecular flexibility index (Phi) is 2.36. The van der Waals surface area contributed by atoms with Gasteiger partial charge in [-0.3, -0.25) is 0 Å². The van der Waals surface area contributed by atoms with Crippen LogP contribution in [0.15, 0.2) is 18.2 Å². The normalized spacial score (nSPS) is 18.9. The Morgan fingerprint density at radius 1 is 1.47 bits per heavy atom. The lowest BCUT2D eigenvalue weighted by Crippen LogP contribution is -2.12. The van der Waals surface area contributed by atoms with Crippen molar-refractivity contribution in [2.75, 3.05) is 0 Å². The molecule has 0 spiro atoms. The van der Waals surface area contributed by atoms with Gasteiger partial charge in [0.1, 0.15) is 5.82 Å². The SMILES string of the molecule is N#CCC1CCc2[nH]c3ccc(F)cc3c2C1. The topological polar surface area (TPSA) is 39.6 Å². The Labute approximate surface area is 99.1 Å².